The highest BCUT2D eigenvalue weighted by atomic mass is 32.1. The van der Waals surface area contributed by atoms with Crippen molar-refractivity contribution in [3.8, 4) is 67.5 Å². The molecule has 8 aromatic carbocycles. The number of nitrogens with zero attached hydrogens (tertiary/aromatic N) is 3. The third-order valence-corrected chi connectivity index (χ3v) is 11.2. The van der Waals surface area contributed by atoms with Crippen molar-refractivity contribution >= 4 is 42.3 Å². The van der Waals surface area contributed by atoms with Crippen molar-refractivity contribution in [2.45, 2.75) is 0 Å². The molecular weight excluding hydrogens is 663 g/mol. The zero-order chi connectivity index (χ0) is 35.1. The topological polar surface area (TPSA) is 38.7 Å². The average Bonchev–Trinajstić information content (AvgIpc) is 3.63. The Labute approximate surface area is 311 Å². The monoisotopic (exact) mass is 693 g/mol. The predicted molar refractivity (Wildman–Crippen MR) is 223 cm³/mol. The molecule has 0 aliphatic carbocycles. The van der Waals surface area contributed by atoms with Crippen LogP contribution in [0.25, 0.3) is 98.5 Å². The van der Waals surface area contributed by atoms with E-state index in [1.165, 1.54) is 58.8 Å². The number of hydrogen-bond donors (Lipinski definition) is 0. The molecule has 10 rings (SSSR count). The van der Waals surface area contributed by atoms with Gasteiger partial charge in [-0.25, -0.2) is 15.0 Å². The van der Waals surface area contributed by atoms with Gasteiger partial charge in [-0.2, -0.15) is 0 Å². The van der Waals surface area contributed by atoms with Gasteiger partial charge >= 0.3 is 0 Å². The first kappa shape index (κ1) is 31.0. The van der Waals surface area contributed by atoms with E-state index in [9.17, 15) is 0 Å². The van der Waals surface area contributed by atoms with Crippen molar-refractivity contribution in [1.82, 2.24) is 15.0 Å². The predicted octanol–water partition coefficient (Wildman–Crippen LogP) is 13.4. The summed E-state index contributed by atoms with van der Waals surface area (Å²) in [4.78, 5) is 15.4. The fourth-order valence-corrected chi connectivity index (χ4v) is 8.58. The molecule has 0 unspecified atom stereocenters. The summed E-state index contributed by atoms with van der Waals surface area (Å²) in [5.41, 5.74) is 10.0. The Morgan fingerprint density at radius 2 is 0.774 bits per heavy atom. The van der Waals surface area contributed by atoms with E-state index in [2.05, 4.69) is 170 Å². The van der Waals surface area contributed by atoms with Gasteiger partial charge in [0.15, 0.2) is 17.5 Å². The molecule has 0 bridgehead atoms. The van der Waals surface area contributed by atoms with Crippen LogP contribution < -0.4 is 0 Å². The largest absolute Gasteiger partial charge is 0.208 e. The fourth-order valence-electron chi connectivity index (χ4n) is 7.37. The summed E-state index contributed by atoms with van der Waals surface area (Å²) in [6.45, 7) is 0. The van der Waals surface area contributed by atoms with Gasteiger partial charge in [0, 0.05) is 36.9 Å². The maximum absolute atomic E-state index is 5.18. The maximum Gasteiger partial charge on any atom is 0.165 e. The van der Waals surface area contributed by atoms with Crippen molar-refractivity contribution in [3.63, 3.8) is 0 Å². The van der Waals surface area contributed by atoms with Crippen LogP contribution in [0.1, 0.15) is 0 Å². The molecule has 4 heteroatoms. The molecule has 0 aliphatic rings. The quantitative estimate of drug-likeness (QED) is 0.174. The lowest BCUT2D eigenvalue weighted by atomic mass is 9.91. The number of fused-ring (bicyclic) bond motifs is 4. The molecule has 0 saturated heterocycles. The first-order chi connectivity index (χ1) is 26.3. The van der Waals surface area contributed by atoms with Gasteiger partial charge in [-0.1, -0.05) is 170 Å². The minimum Gasteiger partial charge on any atom is -0.208 e. The Morgan fingerprint density at radius 3 is 1.51 bits per heavy atom. The third-order valence-electron chi connectivity index (χ3n) is 9.97. The molecule has 0 spiro atoms. The highest BCUT2D eigenvalue weighted by Crippen LogP contribution is 2.41. The summed E-state index contributed by atoms with van der Waals surface area (Å²) in [5, 5.41) is 4.89. The smallest absolute Gasteiger partial charge is 0.165 e. The van der Waals surface area contributed by atoms with Crippen LogP contribution in [0, 0.1) is 0 Å². The van der Waals surface area contributed by atoms with Crippen LogP contribution in [0.2, 0.25) is 0 Å². The summed E-state index contributed by atoms with van der Waals surface area (Å²) >= 11 is 1.79. The lowest BCUT2D eigenvalue weighted by molar-refractivity contribution is 1.08. The number of hydrogen-bond acceptors (Lipinski definition) is 4. The molecule has 0 radical (unpaired) electrons. The van der Waals surface area contributed by atoms with E-state index in [1.54, 1.807) is 11.3 Å². The molecule has 2 aromatic heterocycles. The lowest BCUT2D eigenvalue weighted by Gasteiger charge is -2.14. The molecule has 248 valence electrons. The van der Waals surface area contributed by atoms with Crippen molar-refractivity contribution in [2.24, 2.45) is 0 Å². The van der Waals surface area contributed by atoms with Crippen LogP contribution in [-0.2, 0) is 0 Å². The van der Waals surface area contributed by atoms with Crippen LogP contribution in [-0.4, -0.2) is 15.0 Å². The maximum atomic E-state index is 5.18. The van der Waals surface area contributed by atoms with Gasteiger partial charge in [0.1, 0.15) is 0 Å². The summed E-state index contributed by atoms with van der Waals surface area (Å²) in [5.74, 6) is 1.97. The summed E-state index contributed by atoms with van der Waals surface area (Å²) in [6.07, 6.45) is 0. The van der Waals surface area contributed by atoms with Gasteiger partial charge < -0.3 is 0 Å². The molecule has 0 saturated carbocycles. The van der Waals surface area contributed by atoms with Crippen molar-refractivity contribution in [3.05, 3.63) is 188 Å². The van der Waals surface area contributed by atoms with Crippen LogP contribution in [0.4, 0.5) is 0 Å². The molecule has 0 fully saturated rings. The highest BCUT2D eigenvalue weighted by molar-refractivity contribution is 7.26. The van der Waals surface area contributed by atoms with Gasteiger partial charge in [0.05, 0.1) is 0 Å². The minimum absolute atomic E-state index is 0.647. The second kappa shape index (κ2) is 13.1. The Morgan fingerprint density at radius 1 is 0.283 bits per heavy atom. The molecular formula is C49H31N3S. The summed E-state index contributed by atoms with van der Waals surface area (Å²) < 4.78 is 2.43. The first-order valence-corrected chi connectivity index (χ1v) is 18.6. The zero-order valence-electron chi connectivity index (χ0n) is 28.6. The average molecular weight is 694 g/mol. The lowest BCUT2D eigenvalue weighted by Crippen LogP contribution is -2.00. The number of benzene rings is 8. The SMILES string of the molecule is c1ccc(-c2ccc(-c3ccc(-c4cccc(-c5nc(-c6ccccc6)nc(-c6cccc7c6sc6ccccc67)n5)c4)c4ccccc34)cc2)cc1. The van der Waals surface area contributed by atoms with E-state index in [0.29, 0.717) is 17.5 Å². The van der Waals surface area contributed by atoms with E-state index < -0.39 is 0 Å². The normalized spacial score (nSPS) is 11.4. The molecule has 2 heterocycles. The Balaban J connectivity index is 1.09. The van der Waals surface area contributed by atoms with Crippen molar-refractivity contribution in [1.29, 1.82) is 0 Å². The second-order valence-corrected chi connectivity index (χ2v) is 14.2. The van der Waals surface area contributed by atoms with E-state index in [1.807, 2.05) is 18.2 Å². The van der Waals surface area contributed by atoms with Crippen LogP contribution in [0.3, 0.4) is 0 Å². The van der Waals surface area contributed by atoms with E-state index in [-0.39, 0.29) is 0 Å². The van der Waals surface area contributed by atoms with E-state index >= 15 is 0 Å². The number of rotatable bonds is 6. The Bertz CT molecular complexity index is 2930. The molecule has 0 aliphatic heterocycles. The van der Waals surface area contributed by atoms with Crippen LogP contribution in [0.5, 0.6) is 0 Å². The fraction of sp³-hybridized carbons (Fsp3) is 0. The van der Waals surface area contributed by atoms with Gasteiger partial charge in [-0.3, -0.25) is 0 Å². The Kier molecular flexibility index (Phi) is 7.67. The van der Waals surface area contributed by atoms with Crippen molar-refractivity contribution < 1.29 is 0 Å². The molecule has 0 atom stereocenters. The van der Waals surface area contributed by atoms with Gasteiger partial charge in [-0.05, 0) is 62.4 Å². The standard InChI is InChI=1S/C49H31N3S/c1-3-13-32(14-4-1)33-25-27-34(28-26-33)38-29-30-39(41-20-8-7-19-40(38)41)36-17-11-18-37(31-36)48-50-47(35-15-5-2-6-16-35)51-49(52-48)44-23-12-22-43-42-21-9-10-24-45(42)53-46(43)44/h1-31H. The number of aromatic nitrogens is 3. The second-order valence-electron chi connectivity index (χ2n) is 13.2. The first-order valence-electron chi connectivity index (χ1n) is 17.8. The molecule has 0 N–H and O–H groups in total. The Hall–Kier alpha value is -6.75. The van der Waals surface area contributed by atoms with Gasteiger partial charge in [-0.15, -0.1) is 11.3 Å². The molecule has 53 heavy (non-hydrogen) atoms. The molecule has 3 nitrogen and oxygen atoms in total. The van der Waals surface area contributed by atoms with Crippen LogP contribution in [0.15, 0.2) is 188 Å². The minimum atomic E-state index is 0.647. The van der Waals surface area contributed by atoms with E-state index in [0.717, 1.165) is 22.3 Å². The summed E-state index contributed by atoms with van der Waals surface area (Å²) in [6, 6.07) is 66.4. The van der Waals surface area contributed by atoms with E-state index in [4.69, 9.17) is 15.0 Å². The zero-order valence-corrected chi connectivity index (χ0v) is 29.5. The summed E-state index contributed by atoms with van der Waals surface area (Å²) in [7, 11) is 0. The third kappa shape index (κ3) is 5.66. The van der Waals surface area contributed by atoms with Crippen molar-refractivity contribution in [2.75, 3.05) is 0 Å². The van der Waals surface area contributed by atoms with Gasteiger partial charge in [0.25, 0.3) is 0 Å². The van der Waals surface area contributed by atoms with Crippen LogP contribution >= 0.6 is 11.3 Å². The number of thiophene rings is 1. The van der Waals surface area contributed by atoms with Gasteiger partial charge in [0.2, 0.25) is 0 Å². The molecule has 0 amide bonds. The highest BCUT2D eigenvalue weighted by Gasteiger charge is 2.17. The molecule has 10 aromatic rings.